The van der Waals surface area contributed by atoms with Crippen LogP contribution in [0.4, 0.5) is 0 Å². The standard InChI is InChI=1S/C30H28O5/c1-33-26-19-17-22(18-20-26)21-34-28(24-13-7-3-8-14-24)29(25-15-9-4-10-16-25)35-30(32)27(31)23-11-5-2-6-12-23/h2-20,27-29,31H,21H2,1H3/t27-,28+,29+/m0/s1. The lowest BCUT2D eigenvalue weighted by atomic mass is 9.97. The summed E-state index contributed by atoms with van der Waals surface area (Å²) in [6, 6.07) is 35.5. The minimum Gasteiger partial charge on any atom is -0.497 e. The van der Waals surface area contributed by atoms with Crippen LogP contribution >= 0.6 is 0 Å². The van der Waals surface area contributed by atoms with Crippen molar-refractivity contribution in [2.45, 2.75) is 24.9 Å². The summed E-state index contributed by atoms with van der Waals surface area (Å²) in [4.78, 5) is 13.1. The lowest BCUT2D eigenvalue weighted by molar-refractivity contribution is -0.170. The quantitative estimate of drug-likeness (QED) is 0.291. The molecule has 0 aliphatic carbocycles. The largest absolute Gasteiger partial charge is 0.497 e. The first-order chi connectivity index (χ1) is 17.2. The zero-order valence-electron chi connectivity index (χ0n) is 19.5. The van der Waals surface area contributed by atoms with Crippen molar-refractivity contribution in [3.05, 3.63) is 138 Å². The highest BCUT2D eigenvalue weighted by atomic mass is 16.6. The predicted molar refractivity (Wildman–Crippen MR) is 134 cm³/mol. The Kier molecular flexibility index (Phi) is 8.28. The van der Waals surface area contributed by atoms with E-state index in [0.717, 1.165) is 22.4 Å². The van der Waals surface area contributed by atoms with E-state index in [0.29, 0.717) is 12.2 Å². The molecule has 4 aromatic carbocycles. The van der Waals surface area contributed by atoms with Crippen molar-refractivity contribution < 1.29 is 24.1 Å². The third-order valence-corrected chi connectivity index (χ3v) is 5.70. The fraction of sp³-hybridized carbons (Fsp3) is 0.167. The summed E-state index contributed by atoms with van der Waals surface area (Å²) >= 11 is 0. The maximum absolute atomic E-state index is 13.1. The monoisotopic (exact) mass is 468 g/mol. The maximum Gasteiger partial charge on any atom is 0.340 e. The molecule has 4 aromatic rings. The van der Waals surface area contributed by atoms with Crippen LogP contribution in [0.1, 0.15) is 40.6 Å². The molecule has 0 saturated heterocycles. The third-order valence-electron chi connectivity index (χ3n) is 5.70. The number of carbonyl (C=O) groups is 1. The van der Waals surface area contributed by atoms with Crippen LogP contribution in [0.2, 0.25) is 0 Å². The highest BCUT2D eigenvalue weighted by molar-refractivity contribution is 5.76. The lowest BCUT2D eigenvalue weighted by Crippen LogP contribution is -2.24. The summed E-state index contributed by atoms with van der Waals surface area (Å²) in [5, 5.41) is 10.7. The van der Waals surface area contributed by atoms with Crippen LogP contribution in [-0.2, 0) is 20.9 Å². The second-order valence-electron chi connectivity index (χ2n) is 8.07. The van der Waals surface area contributed by atoms with Gasteiger partial charge in [-0.1, -0.05) is 103 Å². The minimum absolute atomic E-state index is 0.297. The van der Waals surface area contributed by atoms with Gasteiger partial charge < -0.3 is 19.3 Å². The molecule has 0 spiro atoms. The lowest BCUT2D eigenvalue weighted by Gasteiger charge is -2.29. The number of carbonyl (C=O) groups excluding carboxylic acids is 1. The normalized spacial score (nSPS) is 13.4. The van der Waals surface area contributed by atoms with Gasteiger partial charge in [-0.25, -0.2) is 4.79 Å². The SMILES string of the molecule is COc1ccc(CO[C@H](c2ccccc2)[C@H](OC(=O)[C@@H](O)c2ccccc2)c2ccccc2)cc1. The van der Waals surface area contributed by atoms with E-state index in [1.165, 1.54) is 0 Å². The van der Waals surface area contributed by atoms with E-state index in [-0.39, 0.29) is 0 Å². The summed E-state index contributed by atoms with van der Waals surface area (Å²) in [6.07, 6.45) is -2.78. The number of esters is 1. The zero-order valence-corrected chi connectivity index (χ0v) is 19.5. The Morgan fingerprint density at radius 3 is 1.69 bits per heavy atom. The second kappa shape index (κ2) is 12.0. The van der Waals surface area contributed by atoms with Crippen LogP contribution in [0.25, 0.3) is 0 Å². The molecule has 0 aromatic heterocycles. The summed E-state index contributed by atoms with van der Waals surface area (Å²) in [5.74, 6) is 0.0263. The van der Waals surface area contributed by atoms with Gasteiger partial charge >= 0.3 is 5.97 Å². The van der Waals surface area contributed by atoms with Crippen molar-refractivity contribution in [2.75, 3.05) is 7.11 Å². The number of hydrogen-bond acceptors (Lipinski definition) is 5. The zero-order chi connectivity index (χ0) is 24.5. The molecule has 0 aliphatic heterocycles. The molecule has 0 amide bonds. The Morgan fingerprint density at radius 2 is 1.17 bits per heavy atom. The van der Waals surface area contributed by atoms with Crippen molar-refractivity contribution >= 4 is 5.97 Å². The molecule has 178 valence electrons. The molecule has 35 heavy (non-hydrogen) atoms. The maximum atomic E-state index is 13.1. The molecule has 0 saturated carbocycles. The van der Waals surface area contributed by atoms with E-state index in [2.05, 4.69) is 0 Å². The van der Waals surface area contributed by atoms with E-state index in [9.17, 15) is 9.90 Å². The Morgan fingerprint density at radius 1 is 0.686 bits per heavy atom. The topological polar surface area (TPSA) is 65.0 Å². The molecule has 3 atom stereocenters. The molecule has 0 unspecified atom stereocenters. The molecule has 0 bridgehead atoms. The highest BCUT2D eigenvalue weighted by Crippen LogP contribution is 2.37. The first-order valence-corrected chi connectivity index (χ1v) is 11.4. The van der Waals surface area contributed by atoms with Gasteiger partial charge in [0.1, 0.15) is 11.9 Å². The molecule has 0 fully saturated rings. The summed E-state index contributed by atoms with van der Waals surface area (Å²) < 4.78 is 17.6. The molecule has 0 radical (unpaired) electrons. The highest BCUT2D eigenvalue weighted by Gasteiger charge is 2.32. The number of ether oxygens (including phenoxy) is 3. The summed E-state index contributed by atoms with van der Waals surface area (Å²) in [5.41, 5.74) is 3.05. The smallest absolute Gasteiger partial charge is 0.340 e. The van der Waals surface area contributed by atoms with Crippen molar-refractivity contribution in [3.63, 3.8) is 0 Å². The van der Waals surface area contributed by atoms with Gasteiger partial charge in [0.25, 0.3) is 0 Å². The Balaban J connectivity index is 1.64. The first-order valence-electron chi connectivity index (χ1n) is 11.4. The molecular formula is C30H28O5. The van der Waals surface area contributed by atoms with Crippen LogP contribution in [0.5, 0.6) is 5.75 Å². The van der Waals surface area contributed by atoms with Gasteiger partial charge in [-0.05, 0) is 34.4 Å². The number of aliphatic hydroxyl groups is 1. The summed E-state index contributed by atoms with van der Waals surface area (Å²) in [7, 11) is 1.62. The van der Waals surface area contributed by atoms with E-state index >= 15 is 0 Å². The van der Waals surface area contributed by atoms with Crippen molar-refractivity contribution in [2.24, 2.45) is 0 Å². The van der Waals surface area contributed by atoms with Gasteiger partial charge in [-0.15, -0.1) is 0 Å². The summed E-state index contributed by atoms with van der Waals surface area (Å²) in [6.45, 7) is 0.297. The van der Waals surface area contributed by atoms with E-state index in [4.69, 9.17) is 14.2 Å². The van der Waals surface area contributed by atoms with E-state index in [1.54, 1.807) is 31.4 Å². The van der Waals surface area contributed by atoms with Gasteiger partial charge in [-0.3, -0.25) is 0 Å². The number of hydrogen-bond donors (Lipinski definition) is 1. The average Bonchev–Trinajstić information content (AvgIpc) is 2.94. The van der Waals surface area contributed by atoms with Gasteiger partial charge in [0.2, 0.25) is 0 Å². The van der Waals surface area contributed by atoms with Crippen molar-refractivity contribution in [3.8, 4) is 5.75 Å². The number of aliphatic hydroxyl groups excluding tert-OH is 1. The first kappa shape index (κ1) is 24.2. The number of benzene rings is 4. The second-order valence-corrected chi connectivity index (χ2v) is 8.07. The van der Waals surface area contributed by atoms with Gasteiger partial charge in [0.05, 0.1) is 13.7 Å². The van der Waals surface area contributed by atoms with Crippen LogP contribution < -0.4 is 4.74 Å². The molecule has 5 nitrogen and oxygen atoms in total. The van der Waals surface area contributed by atoms with E-state index in [1.807, 2.05) is 91.0 Å². The van der Waals surface area contributed by atoms with Gasteiger partial charge in [0, 0.05) is 0 Å². The Hall–Kier alpha value is -3.93. The molecule has 1 N–H and O–H groups in total. The van der Waals surface area contributed by atoms with Crippen molar-refractivity contribution in [1.29, 1.82) is 0 Å². The Bertz CT molecular complexity index is 1180. The molecular weight excluding hydrogens is 440 g/mol. The predicted octanol–water partition coefficient (Wildman–Crippen LogP) is 5.97. The van der Waals surface area contributed by atoms with Crippen molar-refractivity contribution in [1.82, 2.24) is 0 Å². The van der Waals surface area contributed by atoms with Crippen LogP contribution in [0, 0.1) is 0 Å². The average molecular weight is 469 g/mol. The van der Waals surface area contributed by atoms with Crippen LogP contribution in [0.15, 0.2) is 115 Å². The molecule has 0 heterocycles. The minimum atomic E-state index is -1.40. The Labute approximate surface area is 205 Å². The van der Waals surface area contributed by atoms with Crippen LogP contribution in [-0.4, -0.2) is 18.2 Å². The van der Waals surface area contributed by atoms with Crippen LogP contribution in [0.3, 0.4) is 0 Å². The molecule has 4 rings (SSSR count). The third kappa shape index (κ3) is 6.35. The van der Waals surface area contributed by atoms with Gasteiger partial charge in [0.15, 0.2) is 12.2 Å². The van der Waals surface area contributed by atoms with E-state index < -0.39 is 24.3 Å². The molecule has 0 aliphatic rings. The fourth-order valence-corrected chi connectivity index (χ4v) is 3.82. The molecule has 5 heteroatoms. The number of methoxy groups -OCH3 is 1. The number of rotatable bonds is 10. The fourth-order valence-electron chi connectivity index (χ4n) is 3.82. The van der Waals surface area contributed by atoms with Gasteiger partial charge in [-0.2, -0.15) is 0 Å².